The third-order valence-corrected chi connectivity index (χ3v) is 3.61. The minimum absolute atomic E-state index is 0.148. The van der Waals surface area contributed by atoms with Crippen LogP contribution in [0.1, 0.15) is 18.5 Å². The number of nitrogens with zero attached hydrogens (tertiary/aromatic N) is 2. The van der Waals surface area contributed by atoms with Crippen molar-refractivity contribution < 1.29 is 9.21 Å². The van der Waals surface area contributed by atoms with Crippen molar-refractivity contribution in [3.63, 3.8) is 0 Å². The van der Waals surface area contributed by atoms with Gasteiger partial charge in [-0.1, -0.05) is 30.3 Å². The molecule has 24 heavy (non-hydrogen) atoms. The normalized spacial score (nSPS) is 11.9. The lowest BCUT2D eigenvalue weighted by atomic mass is 10.1. The number of hydrogen-bond acceptors (Lipinski definition) is 4. The van der Waals surface area contributed by atoms with Crippen molar-refractivity contribution in [3.8, 4) is 11.5 Å². The summed E-state index contributed by atoms with van der Waals surface area (Å²) in [7, 11) is 0. The summed E-state index contributed by atoms with van der Waals surface area (Å²) in [5.74, 6) is 0.263. The second kappa shape index (κ2) is 6.95. The fourth-order valence-electron chi connectivity index (χ4n) is 2.37. The van der Waals surface area contributed by atoms with Crippen molar-refractivity contribution >= 4 is 5.91 Å². The molecule has 1 aromatic carbocycles. The molecule has 0 unspecified atom stereocenters. The summed E-state index contributed by atoms with van der Waals surface area (Å²) in [6.07, 6.45) is 1.53. The summed E-state index contributed by atoms with van der Waals surface area (Å²) in [5, 5.41) is 7.05. The van der Waals surface area contributed by atoms with Crippen LogP contribution in [0.4, 0.5) is 0 Å². The Kier molecular flexibility index (Phi) is 4.56. The molecule has 0 saturated heterocycles. The predicted molar refractivity (Wildman–Crippen MR) is 89.2 cm³/mol. The maximum Gasteiger partial charge on any atom is 0.267 e. The SMILES string of the molecule is C[C@H](NC(=O)Cn1nc(-c2ccco2)ccc1=O)c1ccccc1. The molecule has 6 heteroatoms. The average molecular weight is 323 g/mol. The van der Waals surface area contributed by atoms with E-state index in [2.05, 4.69) is 10.4 Å². The second-order valence-corrected chi connectivity index (χ2v) is 5.39. The molecular weight excluding hydrogens is 306 g/mol. The van der Waals surface area contributed by atoms with Gasteiger partial charge in [-0.25, -0.2) is 4.68 Å². The summed E-state index contributed by atoms with van der Waals surface area (Å²) in [6.45, 7) is 1.74. The Hall–Kier alpha value is -3.15. The van der Waals surface area contributed by atoms with Crippen LogP contribution in [0.5, 0.6) is 0 Å². The van der Waals surface area contributed by atoms with Crippen LogP contribution in [0.25, 0.3) is 11.5 Å². The topological polar surface area (TPSA) is 77.1 Å². The first-order chi connectivity index (χ1) is 11.6. The molecule has 0 saturated carbocycles. The van der Waals surface area contributed by atoms with Gasteiger partial charge in [-0.05, 0) is 30.7 Å². The predicted octanol–water partition coefficient (Wildman–Crippen LogP) is 2.38. The summed E-state index contributed by atoms with van der Waals surface area (Å²) >= 11 is 0. The van der Waals surface area contributed by atoms with Gasteiger partial charge in [0, 0.05) is 6.07 Å². The molecule has 2 aromatic heterocycles. The second-order valence-electron chi connectivity index (χ2n) is 5.39. The highest BCUT2D eigenvalue weighted by Gasteiger charge is 2.12. The van der Waals surface area contributed by atoms with Crippen molar-refractivity contribution in [2.75, 3.05) is 0 Å². The van der Waals surface area contributed by atoms with Crippen molar-refractivity contribution in [2.24, 2.45) is 0 Å². The van der Waals surface area contributed by atoms with Crippen LogP contribution in [0.15, 0.2) is 70.1 Å². The van der Waals surface area contributed by atoms with Crippen molar-refractivity contribution in [1.29, 1.82) is 0 Å². The molecule has 0 radical (unpaired) electrons. The van der Waals surface area contributed by atoms with E-state index in [0.717, 1.165) is 10.2 Å². The Labute approximate surface area is 138 Å². The first kappa shape index (κ1) is 15.7. The third kappa shape index (κ3) is 3.60. The summed E-state index contributed by atoms with van der Waals surface area (Å²) < 4.78 is 6.39. The molecular formula is C18H17N3O3. The van der Waals surface area contributed by atoms with Crippen LogP contribution in [0, 0.1) is 0 Å². The molecule has 1 atom stereocenters. The molecule has 3 aromatic rings. The van der Waals surface area contributed by atoms with Crippen LogP contribution in [0.3, 0.4) is 0 Å². The molecule has 1 N–H and O–H groups in total. The number of rotatable bonds is 5. The molecule has 1 amide bonds. The maximum absolute atomic E-state index is 12.2. The molecule has 6 nitrogen and oxygen atoms in total. The zero-order valence-electron chi connectivity index (χ0n) is 13.2. The summed E-state index contributed by atoms with van der Waals surface area (Å²) in [6, 6.07) is 15.9. The molecule has 0 fully saturated rings. The van der Waals surface area contributed by atoms with Gasteiger partial charge in [0.2, 0.25) is 5.91 Å². The fraction of sp³-hybridized carbons (Fsp3) is 0.167. The van der Waals surface area contributed by atoms with E-state index in [4.69, 9.17) is 4.42 Å². The minimum atomic E-state index is -0.340. The van der Waals surface area contributed by atoms with Gasteiger partial charge in [0.05, 0.1) is 12.3 Å². The van der Waals surface area contributed by atoms with E-state index in [9.17, 15) is 9.59 Å². The van der Waals surface area contributed by atoms with Gasteiger partial charge in [0.15, 0.2) is 5.76 Å². The van der Waals surface area contributed by atoms with Crippen molar-refractivity contribution in [1.82, 2.24) is 15.1 Å². The van der Waals surface area contributed by atoms with Gasteiger partial charge in [-0.3, -0.25) is 9.59 Å². The van der Waals surface area contributed by atoms with Gasteiger partial charge >= 0.3 is 0 Å². The first-order valence-electron chi connectivity index (χ1n) is 7.60. The molecule has 0 aliphatic heterocycles. The zero-order chi connectivity index (χ0) is 16.9. The molecule has 0 aliphatic rings. The van der Waals surface area contributed by atoms with E-state index in [1.54, 1.807) is 18.2 Å². The Balaban J connectivity index is 1.72. The number of aromatic nitrogens is 2. The van der Waals surface area contributed by atoms with E-state index in [0.29, 0.717) is 11.5 Å². The van der Waals surface area contributed by atoms with Crippen LogP contribution in [-0.2, 0) is 11.3 Å². The fourth-order valence-corrected chi connectivity index (χ4v) is 2.37. The monoisotopic (exact) mass is 323 g/mol. The van der Waals surface area contributed by atoms with Gasteiger partial charge < -0.3 is 9.73 Å². The zero-order valence-corrected chi connectivity index (χ0v) is 13.2. The molecule has 3 rings (SSSR count). The number of carbonyl (C=O) groups excluding carboxylic acids is 1. The lowest BCUT2D eigenvalue weighted by molar-refractivity contribution is -0.122. The number of nitrogens with one attached hydrogen (secondary N) is 1. The maximum atomic E-state index is 12.2. The smallest absolute Gasteiger partial charge is 0.267 e. The lowest BCUT2D eigenvalue weighted by Crippen LogP contribution is -2.34. The molecule has 0 spiro atoms. The van der Waals surface area contributed by atoms with E-state index in [1.165, 1.54) is 12.3 Å². The molecule has 0 bridgehead atoms. The van der Waals surface area contributed by atoms with E-state index < -0.39 is 0 Å². The van der Waals surface area contributed by atoms with E-state index in [-0.39, 0.29) is 24.1 Å². The standard InChI is InChI=1S/C18H17N3O3/c1-13(14-6-3-2-4-7-14)19-17(22)12-21-18(23)10-9-15(20-21)16-8-5-11-24-16/h2-11,13H,12H2,1H3,(H,19,22)/t13-/m0/s1. The quantitative estimate of drug-likeness (QED) is 0.782. The Morgan fingerprint density at radius 1 is 1.17 bits per heavy atom. The molecule has 122 valence electrons. The highest BCUT2D eigenvalue weighted by Crippen LogP contribution is 2.15. The van der Waals surface area contributed by atoms with Gasteiger partial charge in [-0.2, -0.15) is 5.10 Å². The number of benzene rings is 1. The van der Waals surface area contributed by atoms with Crippen LogP contribution >= 0.6 is 0 Å². The van der Waals surface area contributed by atoms with Gasteiger partial charge in [0.25, 0.3) is 5.56 Å². The Bertz CT molecular complexity index is 870. The van der Waals surface area contributed by atoms with Crippen LogP contribution < -0.4 is 10.9 Å². The van der Waals surface area contributed by atoms with Crippen molar-refractivity contribution in [2.45, 2.75) is 19.5 Å². The largest absolute Gasteiger partial charge is 0.463 e. The molecule has 2 heterocycles. The Morgan fingerprint density at radius 2 is 1.96 bits per heavy atom. The highest BCUT2D eigenvalue weighted by molar-refractivity contribution is 5.76. The van der Waals surface area contributed by atoms with Crippen molar-refractivity contribution in [3.05, 3.63) is 76.8 Å². The first-order valence-corrected chi connectivity index (χ1v) is 7.60. The summed E-state index contributed by atoms with van der Waals surface area (Å²) in [5.41, 5.74) is 1.16. The van der Waals surface area contributed by atoms with E-state index >= 15 is 0 Å². The number of hydrogen-bond donors (Lipinski definition) is 1. The van der Waals surface area contributed by atoms with Crippen LogP contribution in [-0.4, -0.2) is 15.7 Å². The number of furan rings is 1. The minimum Gasteiger partial charge on any atom is -0.463 e. The number of amides is 1. The third-order valence-electron chi connectivity index (χ3n) is 3.61. The highest BCUT2D eigenvalue weighted by atomic mass is 16.3. The Morgan fingerprint density at radius 3 is 2.67 bits per heavy atom. The van der Waals surface area contributed by atoms with Crippen LogP contribution in [0.2, 0.25) is 0 Å². The number of carbonyl (C=O) groups is 1. The van der Waals surface area contributed by atoms with Gasteiger partial charge in [-0.15, -0.1) is 0 Å². The summed E-state index contributed by atoms with van der Waals surface area (Å²) in [4.78, 5) is 24.1. The molecule has 0 aliphatic carbocycles. The lowest BCUT2D eigenvalue weighted by Gasteiger charge is -2.14. The average Bonchev–Trinajstić information content (AvgIpc) is 3.12. The van der Waals surface area contributed by atoms with Gasteiger partial charge in [0.1, 0.15) is 12.2 Å². The van der Waals surface area contributed by atoms with E-state index in [1.807, 2.05) is 37.3 Å².